The minimum absolute atomic E-state index is 0.251. The van der Waals surface area contributed by atoms with E-state index >= 15 is 0 Å². The molecule has 10 heteroatoms. The number of nitrogens with zero attached hydrogens (tertiary/aromatic N) is 6. The lowest BCUT2D eigenvalue weighted by Gasteiger charge is -2.33. The van der Waals surface area contributed by atoms with E-state index in [1.165, 1.54) is 0 Å². The van der Waals surface area contributed by atoms with Crippen molar-refractivity contribution in [2.45, 2.75) is 18.9 Å². The first-order valence-electron chi connectivity index (χ1n) is 13.3. The molecule has 0 amide bonds. The number of piperazine rings is 1. The first kappa shape index (κ1) is 23.1. The summed E-state index contributed by atoms with van der Waals surface area (Å²) < 4.78 is 6.27. The number of hydrogen-bond acceptors (Lipinski definition) is 8. The zero-order valence-corrected chi connectivity index (χ0v) is 21.4. The zero-order chi connectivity index (χ0) is 25.5. The summed E-state index contributed by atoms with van der Waals surface area (Å²) in [6.45, 7) is 5.97. The number of ether oxygens (including phenoxy) is 1. The van der Waals surface area contributed by atoms with Gasteiger partial charge in [-0.2, -0.15) is 5.10 Å². The molecular formula is C28H31N9O. The van der Waals surface area contributed by atoms with Crippen molar-refractivity contribution in [1.29, 1.82) is 0 Å². The summed E-state index contributed by atoms with van der Waals surface area (Å²) in [5.74, 6) is 1.60. The van der Waals surface area contributed by atoms with E-state index in [4.69, 9.17) is 14.7 Å². The van der Waals surface area contributed by atoms with Gasteiger partial charge in [0, 0.05) is 37.1 Å². The molecule has 2 aliphatic heterocycles. The maximum absolute atomic E-state index is 6.27. The Morgan fingerprint density at radius 2 is 1.84 bits per heavy atom. The van der Waals surface area contributed by atoms with Crippen molar-refractivity contribution in [3.05, 3.63) is 48.9 Å². The lowest BCUT2D eigenvalue weighted by Crippen LogP contribution is -2.44. The molecule has 6 heterocycles. The summed E-state index contributed by atoms with van der Waals surface area (Å²) in [5.41, 5.74) is 6.40. The van der Waals surface area contributed by atoms with E-state index in [1.54, 1.807) is 0 Å². The van der Waals surface area contributed by atoms with E-state index in [-0.39, 0.29) is 6.10 Å². The quantitative estimate of drug-likeness (QED) is 0.330. The van der Waals surface area contributed by atoms with Gasteiger partial charge >= 0.3 is 0 Å². The third-order valence-corrected chi connectivity index (χ3v) is 7.61. The molecule has 10 nitrogen and oxygen atoms in total. The molecule has 2 aliphatic rings. The molecule has 0 bridgehead atoms. The maximum atomic E-state index is 6.27. The molecule has 7 rings (SSSR count). The summed E-state index contributed by atoms with van der Waals surface area (Å²) in [5, 5.41) is 12.1. The predicted octanol–water partition coefficient (Wildman–Crippen LogP) is 3.45. The van der Waals surface area contributed by atoms with Crippen LogP contribution >= 0.6 is 0 Å². The van der Waals surface area contributed by atoms with Crippen LogP contribution in [0.5, 0.6) is 5.75 Å². The topological polar surface area (TPSA) is 111 Å². The molecule has 0 saturated carbocycles. The van der Waals surface area contributed by atoms with Crippen LogP contribution in [0.3, 0.4) is 0 Å². The van der Waals surface area contributed by atoms with E-state index in [0.29, 0.717) is 0 Å². The molecule has 2 fully saturated rings. The standard InChI is InChI=1S/C28H31N9O/c1-36-9-11-37(12-10-36)25-17-30-15-24-27(25)33-28(32-24)26-21-14-22(31-16-23(21)34-35-26)18-3-2-4-20(13-18)38-19-5-7-29-8-6-19/h2-4,13-17,19,29H,5-12H2,1H3,(H,32,33)(H,34,35). The molecule has 194 valence electrons. The smallest absolute Gasteiger partial charge is 0.159 e. The van der Waals surface area contributed by atoms with E-state index in [0.717, 1.165) is 108 Å². The summed E-state index contributed by atoms with van der Waals surface area (Å²) in [6.07, 6.45) is 7.89. The van der Waals surface area contributed by atoms with Crippen molar-refractivity contribution < 1.29 is 4.74 Å². The number of rotatable bonds is 5. The molecule has 5 aromatic rings. The Hall–Kier alpha value is -4.02. The Kier molecular flexibility index (Phi) is 5.90. The van der Waals surface area contributed by atoms with Gasteiger partial charge in [0.25, 0.3) is 0 Å². The molecule has 0 radical (unpaired) electrons. The second-order valence-electron chi connectivity index (χ2n) is 10.2. The van der Waals surface area contributed by atoms with Crippen LogP contribution in [0.4, 0.5) is 5.69 Å². The fourth-order valence-corrected chi connectivity index (χ4v) is 5.40. The number of aromatic amines is 2. The van der Waals surface area contributed by atoms with Gasteiger partial charge in [0.1, 0.15) is 23.1 Å². The molecule has 4 aromatic heterocycles. The van der Waals surface area contributed by atoms with Gasteiger partial charge < -0.3 is 24.8 Å². The third kappa shape index (κ3) is 4.35. The number of fused-ring (bicyclic) bond motifs is 2. The number of piperidine rings is 1. The monoisotopic (exact) mass is 509 g/mol. The first-order chi connectivity index (χ1) is 18.7. The Labute approximate surface area is 220 Å². The van der Waals surface area contributed by atoms with Gasteiger partial charge in [0.05, 0.1) is 41.0 Å². The van der Waals surface area contributed by atoms with Crippen LogP contribution in [0.1, 0.15) is 12.8 Å². The molecule has 3 N–H and O–H groups in total. The van der Waals surface area contributed by atoms with Gasteiger partial charge in [-0.05, 0) is 51.2 Å². The van der Waals surface area contributed by atoms with Gasteiger partial charge in [0.15, 0.2) is 5.82 Å². The molecule has 0 atom stereocenters. The summed E-state index contributed by atoms with van der Waals surface area (Å²) in [6, 6.07) is 10.3. The highest BCUT2D eigenvalue weighted by Crippen LogP contribution is 2.32. The van der Waals surface area contributed by atoms with Crippen molar-refractivity contribution in [2.75, 3.05) is 51.2 Å². The number of benzene rings is 1. The maximum Gasteiger partial charge on any atom is 0.159 e. The average Bonchev–Trinajstić information content (AvgIpc) is 3.58. The van der Waals surface area contributed by atoms with Crippen LogP contribution in [0.25, 0.3) is 44.7 Å². The molecule has 0 spiro atoms. The van der Waals surface area contributed by atoms with Crippen LogP contribution in [0, 0.1) is 0 Å². The van der Waals surface area contributed by atoms with E-state index < -0.39 is 0 Å². The average molecular weight is 510 g/mol. The summed E-state index contributed by atoms with van der Waals surface area (Å²) in [7, 11) is 2.16. The van der Waals surface area contributed by atoms with Crippen molar-refractivity contribution in [1.82, 2.24) is 40.3 Å². The first-order valence-corrected chi connectivity index (χ1v) is 13.3. The highest BCUT2D eigenvalue weighted by molar-refractivity contribution is 5.96. The molecule has 1 aromatic carbocycles. The van der Waals surface area contributed by atoms with Gasteiger partial charge in [-0.1, -0.05) is 12.1 Å². The molecule has 0 unspecified atom stereocenters. The minimum atomic E-state index is 0.251. The number of nitrogens with one attached hydrogen (secondary N) is 3. The minimum Gasteiger partial charge on any atom is -0.490 e. The Morgan fingerprint density at radius 1 is 0.974 bits per heavy atom. The Balaban J connectivity index is 1.22. The van der Waals surface area contributed by atoms with E-state index in [1.807, 2.05) is 30.7 Å². The van der Waals surface area contributed by atoms with Crippen molar-refractivity contribution in [3.63, 3.8) is 0 Å². The highest BCUT2D eigenvalue weighted by Gasteiger charge is 2.21. The lowest BCUT2D eigenvalue weighted by molar-refractivity contribution is 0.162. The molecular weight excluding hydrogens is 478 g/mol. The van der Waals surface area contributed by atoms with E-state index in [9.17, 15) is 0 Å². The summed E-state index contributed by atoms with van der Waals surface area (Å²) in [4.78, 5) is 22.4. The Bertz CT molecular complexity index is 1580. The number of likely N-dealkylation sites (N-methyl/N-ethyl adjacent to an activating group) is 1. The largest absolute Gasteiger partial charge is 0.490 e. The lowest BCUT2D eigenvalue weighted by atomic mass is 10.1. The van der Waals surface area contributed by atoms with Gasteiger partial charge in [-0.3, -0.25) is 15.1 Å². The van der Waals surface area contributed by atoms with Gasteiger partial charge in [-0.25, -0.2) is 4.98 Å². The number of anilines is 1. The van der Waals surface area contributed by atoms with Crippen LogP contribution < -0.4 is 15.0 Å². The zero-order valence-electron chi connectivity index (χ0n) is 21.4. The molecule has 38 heavy (non-hydrogen) atoms. The van der Waals surface area contributed by atoms with Gasteiger partial charge in [0.2, 0.25) is 0 Å². The van der Waals surface area contributed by atoms with Crippen LogP contribution in [0.15, 0.2) is 48.9 Å². The number of H-pyrrole nitrogens is 2. The molecule has 2 saturated heterocycles. The summed E-state index contributed by atoms with van der Waals surface area (Å²) >= 11 is 0. The van der Waals surface area contributed by atoms with Crippen LogP contribution in [-0.2, 0) is 0 Å². The fourth-order valence-electron chi connectivity index (χ4n) is 5.40. The number of aromatic nitrogens is 6. The molecule has 0 aliphatic carbocycles. The number of hydrogen-bond donors (Lipinski definition) is 3. The highest BCUT2D eigenvalue weighted by atomic mass is 16.5. The normalized spacial score (nSPS) is 17.4. The van der Waals surface area contributed by atoms with Crippen molar-refractivity contribution in [2.24, 2.45) is 0 Å². The van der Waals surface area contributed by atoms with Crippen LogP contribution in [0.2, 0.25) is 0 Å². The predicted molar refractivity (Wildman–Crippen MR) is 148 cm³/mol. The second kappa shape index (κ2) is 9.70. The third-order valence-electron chi connectivity index (χ3n) is 7.61. The second-order valence-corrected chi connectivity index (χ2v) is 10.2. The van der Waals surface area contributed by atoms with Crippen LogP contribution in [-0.4, -0.2) is 87.5 Å². The van der Waals surface area contributed by atoms with Gasteiger partial charge in [-0.15, -0.1) is 0 Å². The fraction of sp³-hybridized carbons (Fsp3) is 0.357. The van der Waals surface area contributed by atoms with Crippen molar-refractivity contribution in [3.8, 4) is 28.5 Å². The Morgan fingerprint density at radius 3 is 2.71 bits per heavy atom. The number of imidazole rings is 1. The van der Waals surface area contributed by atoms with E-state index in [2.05, 4.69) is 60.5 Å². The van der Waals surface area contributed by atoms with Crippen molar-refractivity contribution >= 4 is 27.6 Å². The number of pyridine rings is 2. The SMILES string of the molecule is CN1CCN(c2cncc3[nH]c(-c4n[nH]c5cnc(-c6cccc(OC7CCNCC7)c6)cc45)nc23)CC1.